The standard InChI is InChI=1S/C19H19F3N2O5S/c1-18(2,12-3-8-15-16(11-12)29-10-9-28-15)24-30(26,27)14-6-4-13(5-7-14)23-17(25)19(20,21)22/h3-8,11,24H,9-10H2,1-2H3,(H,23,25). The average molecular weight is 444 g/mol. The minimum atomic E-state index is -5.04. The van der Waals surface area contributed by atoms with E-state index in [0.717, 1.165) is 24.3 Å². The average Bonchev–Trinajstić information content (AvgIpc) is 2.66. The van der Waals surface area contributed by atoms with Crippen LogP contribution >= 0.6 is 0 Å². The first-order valence-electron chi connectivity index (χ1n) is 8.81. The molecule has 1 aliphatic heterocycles. The number of carbonyl (C=O) groups excluding carboxylic acids is 1. The number of hydrogen-bond donors (Lipinski definition) is 2. The second kappa shape index (κ2) is 7.80. The minimum absolute atomic E-state index is 0.168. The van der Waals surface area contributed by atoms with Crippen LogP contribution in [0, 0.1) is 0 Å². The van der Waals surface area contributed by atoms with Crippen molar-refractivity contribution in [3.05, 3.63) is 48.0 Å². The van der Waals surface area contributed by atoms with Crippen LogP contribution in [0.4, 0.5) is 18.9 Å². The van der Waals surface area contributed by atoms with E-state index in [1.54, 1.807) is 37.4 Å². The fraction of sp³-hybridized carbons (Fsp3) is 0.316. The Morgan fingerprint density at radius 3 is 2.17 bits per heavy atom. The van der Waals surface area contributed by atoms with Crippen LogP contribution in [-0.4, -0.2) is 33.7 Å². The zero-order valence-electron chi connectivity index (χ0n) is 16.0. The van der Waals surface area contributed by atoms with Crippen LogP contribution in [0.3, 0.4) is 0 Å². The number of halogens is 3. The van der Waals surface area contributed by atoms with Gasteiger partial charge >= 0.3 is 12.1 Å². The number of rotatable bonds is 5. The molecule has 1 aliphatic rings. The van der Waals surface area contributed by atoms with E-state index in [1.807, 2.05) is 0 Å². The van der Waals surface area contributed by atoms with E-state index in [1.165, 1.54) is 0 Å². The minimum Gasteiger partial charge on any atom is -0.486 e. The largest absolute Gasteiger partial charge is 0.486 e. The van der Waals surface area contributed by atoms with Gasteiger partial charge in [0.05, 0.1) is 10.4 Å². The number of ether oxygens (including phenoxy) is 2. The molecule has 0 aromatic heterocycles. The zero-order valence-corrected chi connectivity index (χ0v) is 16.9. The molecule has 0 fully saturated rings. The summed E-state index contributed by atoms with van der Waals surface area (Å²) >= 11 is 0. The maximum atomic E-state index is 12.8. The molecule has 0 spiro atoms. The van der Waals surface area contributed by atoms with Crippen LogP contribution in [0.5, 0.6) is 11.5 Å². The number of sulfonamides is 1. The third-order valence-electron chi connectivity index (χ3n) is 4.33. The first-order chi connectivity index (χ1) is 13.9. The van der Waals surface area contributed by atoms with Crippen LogP contribution in [0.25, 0.3) is 0 Å². The second-order valence-electron chi connectivity index (χ2n) is 7.07. The molecular formula is C19H19F3N2O5S. The molecule has 0 unspecified atom stereocenters. The fourth-order valence-corrected chi connectivity index (χ4v) is 4.21. The molecule has 1 amide bonds. The smallest absolute Gasteiger partial charge is 0.471 e. The van der Waals surface area contributed by atoms with E-state index in [9.17, 15) is 26.4 Å². The van der Waals surface area contributed by atoms with Gasteiger partial charge in [-0.1, -0.05) is 6.07 Å². The van der Waals surface area contributed by atoms with Crippen molar-refractivity contribution in [3.63, 3.8) is 0 Å². The monoisotopic (exact) mass is 444 g/mol. The lowest BCUT2D eigenvalue weighted by Crippen LogP contribution is -2.41. The summed E-state index contributed by atoms with van der Waals surface area (Å²) < 4.78 is 76.0. The highest BCUT2D eigenvalue weighted by atomic mass is 32.2. The molecule has 0 aliphatic carbocycles. The molecule has 2 aromatic rings. The molecule has 0 saturated carbocycles. The van der Waals surface area contributed by atoms with Crippen molar-refractivity contribution >= 4 is 21.6 Å². The van der Waals surface area contributed by atoms with Crippen molar-refractivity contribution in [2.24, 2.45) is 0 Å². The normalized spacial score (nSPS) is 14.3. The van der Waals surface area contributed by atoms with Gasteiger partial charge in [0.15, 0.2) is 11.5 Å². The molecule has 2 aromatic carbocycles. The Bertz CT molecular complexity index is 1050. The lowest BCUT2D eigenvalue weighted by molar-refractivity contribution is -0.167. The lowest BCUT2D eigenvalue weighted by Gasteiger charge is -2.28. The number of amides is 1. The van der Waals surface area contributed by atoms with Gasteiger partial charge in [0.25, 0.3) is 0 Å². The van der Waals surface area contributed by atoms with Crippen LogP contribution in [0.1, 0.15) is 19.4 Å². The van der Waals surface area contributed by atoms with Gasteiger partial charge in [0.2, 0.25) is 10.0 Å². The Kier molecular flexibility index (Phi) is 5.70. The highest BCUT2D eigenvalue weighted by Crippen LogP contribution is 2.35. The van der Waals surface area contributed by atoms with Crippen molar-refractivity contribution in [1.29, 1.82) is 0 Å². The summed E-state index contributed by atoms with van der Waals surface area (Å²) in [6.07, 6.45) is -5.04. The number of hydrogen-bond acceptors (Lipinski definition) is 5. The Labute approximate surface area is 171 Å². The first kappa shape index (κ1) is 21.9. The fourth-order valence-electron chi connectivity index (χ4n) is 2.81. The van der Waals surface area contributed by atoms with Crippen molar-refractivity contribution in [2.75, 3.05) is 18.5 Å². The summed E-state index contributed by atoms with van der Waals surface area (Å²) in [6.45, 7) is 4.14. The van der Waals surface area contributed by atoms with Gasteiger partial charge in [-0.15, -0.1) is 0 Å². The number of anilines is 1. The van der Waals surface area contributed by atoms with Crippen molar-refractivity contribution in [3.8, 4) is 11.5 Å². The summed E-state index contributed by atoms with van der Waals surface area (Å²) in [5.74, 6) is -1.06. The Morgan fingerprint density at radius 1 is 0.967 bits per heavy atom. The van der Waals surface area contributed by atoms with E-state index < -0.39 is 27.6 Å². The summed E-state index contributed by atoms with van der Waals surface area (Å²) in [5.41, 5.74) is -0.579. The highest BCUT2D eigenvalue weighted by Gasteiger charge is 2.38. The quantitative estimate of drug-likeness (QED) is 0.739. The zero-order chi connectivity index (χ0) is 22.2. The predicted octanol–water partition coefficient (Wildman–Crippen LogP) is 3.17. The summed E-state index contributed by atoms with van der Waals surface area (Å²) in [6, 6.07) is 9.46. The summed E-state index contributed by atoms with van der Waals surface area (Å²) in [4.78, 5) is 10.8. The number of nitrogens with one attached hydrogen (secondary N) is 2. The van der Waals surface area contributed by atoms with Gasteiger partial charge in [0.1, 0.15) is 13.2 Å². The van der Waals surface area contributed by atoms with Crippen LogP contribution < -0.4 is 19.5 Å². The molecule has 1 heterocycles. The molecule has 0 bridgehead atoms. The van der Waals surface area contributed by atoms with Gasteiger partial charge in [-0.25, -0.2) is 13.1 Å². The number of benzene rings is 2. The number of alkyl halides is 3. The van der Waals surface area contributed by atoms with Crippen LogP contribution in [-0.2, 0) is 20.4 Å². The SMILES string of the molecule is CC(C)(NS(=O)(=O)c1ccc(NC(=O)C(F)(F)F)cc1)c1ccc2c(c1)OCCO2. The van der Waals surface area contributed by atoms with E-state index in [-0.39, 0.29) is 10.6 Å². The maximum absolute atomic E-state index is 12.8. The highest BCUT2D eigenvalue weighted by molar-refractivity contribution is 7.89. The molecule has 2 N–H and O–H groups in total. The maximum Gasteiger partial charge on any atom is 0.471 e. The van der Waals surface area contributed by atoms with Gasteiger partial charge < -0.3 is 14.8 Å². The van der Waals surface area contributed by atoms with E-state index in [0.29, 0.717) is 30.3 Å². The topological polar surface area (TPSA) is 93.7 Å². The molecule has 7 nitrogen and oxygen atoms in total. The molecule has 0 saturated heterocycles. The predicted molar refractivity (Wildman–Crippen MR) is 102 cm³/mol. The van der Waals surface area contributed by atoms with Crippen LogP contribution in [0.2, 0.25) is 0 Å². The molecule has 0 atom stereocenters. The Balaban J connectivity index is 1.77. The van der Waals surface area contributed by atoms with Gasteiger partial charge in [0, 0.05) is 5.69 Å². The first-order valence-corrected chi connectivity index (χ1v) is 10.3. The molecule has 30 heavy (non-hydrogen) atoms. The van der Waals surface area contributed by atoms with Crippen LogP contribution in [0.15, 0.2) is 47.4 Å². The molecule has 0 radical (unpaired) electrons. The Morgan fingerprint density at radius 2 is 1.57 bits per heavy atom. The van der Waals surface area contributed by atoms with Crippen molar-refractivity contribution in [2.45, 2.75) is 30.5 Å². The second-order valence-corrected chi connectivity index (χ2v) is 8.75. The van der Waals surface area contributed by atoms with Gasteiger partial charge in [-0.2, -0.15) is 13.2 Å². The third kappa shape index (κ3) is 4.85. The van der Waals surface area contributed by atoms with E-state index >= 15 is 0 Å². The molecular weight excluding hydrogens is 425 g/mol. The van der Waals surface area contributed by atoms with Gasteiger partial charge in [-0.3, -0.25) is 4.79 Å². The summed E-state index contributed by atoms with van der Waals surface area (Å²) in [7, 11) is -4.02. The number of fused-ring (bicyclic) bond motifs is 1. The summed E-state index contributed by atoms with van der Waals surface area (Å²) in [5, 5.41) is 1.66. The molecule has 3 rings (SSSR count). The Hall–Kier alpha value is -2.79. The lowest BCUT2D eigenvalue weighted by atomic mass is 9.95. The van der Waals surface area contributed by atoms with E-state index in [4.69, 9.17) is 9.47 Å². The van der Waals surface area contributed by atoms with Crippen molar-refractivity contribution in [1.82, 2.24) is 4.72 Å². The van der Waals surface area contributed by atoms with Gasteiger partial charge in [-0.05, 0) is 55.8 Å². The van der Waals surface area contributed by atoms with E-state index in [2.05, 4.69) is 4.72 Å². The number of carbonyl (C=O) groups is 1. The molecule has 162 valence electrons. The molecule has 11 heteroatoms. The van der Waals surface area contributed by atoms with Crippen molar-refractivity contribution < 1.29 is 35.9 Å². The third-order valence-corrected chi connectivity index (χ3v) is 6.01.